The minimum absolute atomic E-state index is 0.108. The highest BCUT2D eigenvalue weighted by atomic mass is 19.4. The fourth-order valence-electron chi connectivity index (χ4n) is 5.87. The van der Waals surface area contributed by atoms with Gasteiger partial charge in [0.05, 0.1) is 55.1 Å². The molecule has 1 saturated heterocycles. The molecule has 1 fully saturated rings. The first-order valence-corrected chi connectivity index (χ1v) is 14.3. The summed E-state index contributed by atoms with van der Waals surface area (Å²) in [5, 5.41) is 13.3. The number of morpholine rings is 1. The number of nitrogens with one attached hydrogen (secondary N) is 1. The van der Waals surface area contributed by atoms with Crippen molar-refractivity contribution in [2.45, 2.75) is 50.6 Å². The minimum Gasteiger partial charge on any atom is -0.497 e. The van der Waals surface area contributed by atoms with Crippen LogP contribution in [0.4, 0.5) is 48.3 Å². The van der Waals surface area contributed by atoms with Crippen molar-refractivity contribution in [2.24, 2.45) is 0 Å². The van der Waals surface area contributed by atoms with Crippen LogP contribution in [0, 0.1) is 0 Å². The first-order valence-electron chi connectivity index (χ1n) is 14.3. The van der Waals surface area contributed by atoms with E-state index in [1.54, 1.807) is 30.5 Å². The van der Waals surface area contributed by atoms with Gasteiger partial charge < -0.3 is 24.8 Å². The molecule has 242 valence electrons. The van der Waals surface area contributed by atoms with Crippen molar-refractivity contribution in [1.82, 2.24) is 4.98 Å². The lowest BCUT2D eigenvalue weighted by Crippen LogP contribution is -2.45. The van der Waals surface area contributed by atoms with Gasteiger partial charge in [-0.05, 0) is 60.9 Å². The molecule has 2 aromatic carbocycles. The predicted octanol–water partition coefficient (Wildman–Crippen LogP) is 7.38. The second-order valence-electron chi connectivity index (χ2n) is 11.0. The van der Waals surface area contributed by atoms with E-state index in [1.807, 2.05) is 11.8 Å². The number of carboxylic acid groups (broad SMARTS) is 1. The molecule has 0 spiro atoms. The third kappa shape index (κ3) is 7.05. The number of ether oxygens (including phenoxy) is 2. The summed E-state index contributed by atoms with van der Waals surface area (Å²) in [7, 11) is 1.48. The fourth-order valence-corrected chi connectivity index (χ4v) is 5.87. The lowest BCUT2D eigenvalue weighted by atomic mass is 9.89. The molecule has 2 aliphatic rings. The van der Waals surface area contributed by atoms with Crippen molar-refractivity contribution in [3.63, 3.8) is 0 Å². The molecule has 1 aromatic heterocycles. The molecule has 1 amide bonds. The molecule has 0 unspecified atom stereocenters. The van der Waals surface area contributed by atoms with Crippen LogP contribution in [0.15, 0.2) is 48.7 Å². The first-order chi connectivity index (χ1) is 21.3. The van der Waals surface area contributed by atoms with Gasteiger partial charge >= 0.3 is 18.4 Å². The lowest BCUT2D eigenvalue weighted by Gasteiger charge is -2.39. The van der Waals surface area contributed by atoms with Crippen molar-refractivity contribution in [3.8, 4) is 5.75 Å². The van der Waals surface area contributed by atoms with Gasteiger partial charge in [-0.15, -0.1) is 0 Å². The zero-order valence-corrected chi connectivity index (χ0v) is 24.5. The number of benzene rings is 2. The maximum atomic E-state index is 13.7. The normalized spacial score (nSPS) is 18.8. The zero-order chi connectivity index (χ0) is 32.5. The number of nitrogens with zero attached hydrogens (tertiary/aromatic N) is 3. The summed E-state index contributed by atoms with van der Waals surface area (Å²) in [4.78, 5) is 20.1. The number of hydrogen-bond donors (Lipinski definition) is 2. The van der Waals surface area contributed by atoms with E-state index in [0.717, 1.165) is 12.1 Å². The van der Waals surface area contributed by atoms with E-state index in [1.165, 1.54) is 12.0 Å². The van der Waals surface area contributed by atoms with Crippen molar-refractivity contribution in [1.29, 1.82) is 0 Å². The smallest absolute Gasteiger partial charge is 0.416 e. The molecule has 8 nitrogen and oxygen atoms in total. The number of methoxy groups -OCH3 is 1. The Balaban J connectivity index is 1.59. The number of rotatable bonds is 7. The van der Waals surface area contributed by atoms with E-state index in [-0.39, 0.29) is 23.9 Å². The molecular weight excluding hydrogens is 606 g/mol. The minimum atomic E-state index is -4.99. The van der Waals surface area contributed by atoms with Gasteiger partial charge in [-0.1, -0.05) is 6.92 Å². The molecule has 2 atom stereocenters. The van der Waals surface area contributed by atoms with Crippen LogP contribution >= 0.6 is 0 Å². The Morgan fingerprint density at radius 1 is 1.04 bits per heavy atom. The van der Waals surface area contributed by atoms with Gasteiger partial charge in [0.2, 0.25) is 0 Å². The summed E-state index contributed by atoms with van der Waals surface area (Å²) in [5.41, 5.74) is -0.905. The highest BCUT2D eigenvalue weighted by Crippen LogP contribution is 2.43. The first kappa shape index (κ1) is 32.2. The largest absolute Gasteiger partial charge is 0.497 e. The maximum absolute atomic E-state index is 13.7. The van der Waals surface area contributed by atoms with Crippen LogP contribution in [0.1, 0.15) is 53.6 Å². The maximum Gasteiger partial charge on any atom is 0.416 e. The van der Waals surface area contributed by atoms with E-state index < -0.39 is 41.7 Å². The van der Waals surface area contributed by atoms with Crippen molar-refractivity contribution in [2.75, 3.05) is 48.5 Å². The van der Waals surface area contributed by atoms with Crippen LogP contribution in [0.5, 0.6) is 5.75 Å². The quantitative estimate of drug-likeness (QED) is 0.261. The molecule has 0 aliphatic carbocycles. The van der Waals surface area contributed by atoms with Crippen molar-refractivity contribution in [3.05, 3.63) is 76.5 Å². The fraction of sp³-hybridized carbons (Fsp3) is 0.419. The topological polar surface area (TPSA) is 87.2 Å². The van der Waals surface area contributed by atoms with Crippen LogP contribution in [0.25, 0.3) is 0 Å². The summed E-state index contributed by atoms with van der Waals surface area (Å²) >= 11 is 0. The molecule has 0 bridgehead atoms. The Bertz CT molecular complexity index is 1510. The molecule has 0 saturated carbocycles. The van der Waals surface area contributed by atoms with Gasteiger partial charge in [0, 0.05) is 36.7 Å². The Kier molecular flexibility index (Phi) is 9.06. The summed E-state index contributed by atoms with van der Waals surface area (Å²) < 4.78 is 92.8. The van der Waals surface area contributed by atoms with Crippen LogP contribution in [-0.4, -0.2) is 55.6 Å². The number of fused-ring (bicyclic) bond motifs is 1. The summed E-state index contributed by atoms with van der Waals surface area (Å²) in [6.07, 6.45) is -8.95. The van der Waals surface area contributed by atoms with Crippen molar-refractivity contribution >= 4 is 23.3 Å². The van der Waals surface area contributed by atoms with Gasteiger partial charge in [-0.25, -0.2) is 9.78 Å². The van der Waals surface area contributed by atoms with Crippen LogP contribution in [0.2, 0.25) is 0 Å². The third-order valence-corrected chi connectivity index (χ3v) is 8.10. The number of pyridine rings is 1. The standard InChI is InChI=1S/C31H32F6N4O4/c1-3-22-15-26(25-16-24(44-2)4-5-27(25)41(22)29(42)43)39-28-19(13-23(17-38-28)40-6-8-45-9-7-40)10-18-11-20(30(32,33)34)14-21(12-18)31(35,36)37/h4-5,11-14,16-17,22,26H,3,6-10,15H2,1-2H3,(H,38,39)(H,42,43)/t22-,26+/m1/s1. The Morgan fingerprint density at radius 2 is 1.71 bits per heavy atom. The van der Waals surface area contributed by atoms with Crippen LogP contribution in [0.3, 0.4) is 0 Å². The molecule has 3 aromatic rings. The number of amides is 1. The van der Waals surface area contributed by atoms with Crippen molar-refractivity contribution < 1.29 is 45.7 Å². The number of hydrogen-bond acceptors (Lipinski definition) is 6. The number of aromatic nitrogens is 1. The average Bonchev–Trinajstić information content (AvgIpc) is 3.00. The Labute approximate surface area is 255 Å². The van der Waals surface area contributed by atoms with Gasteiger partial charge in [-0.2, -0.15) is 26.3 Å². The van der Waals surface area contributed by atoms with Gasteiger partial charge in [0.25, 0.3) is 0 Å². The van der Waals surface area contributed by atoms with E-state index in [9.17, 15) is 36.2 Å². The predicted molar refractivity (Wildman–Crippen MR) is 155 cm³/mol. The third-order valence-electron chi connectivity index (χ3n) is 8.10. The number of alkyl halides is 6. The number of halogens is 6. The molecule has 2 aliphatic heterocycles. The van der Waals surface area contributed by atoms with Gasteiger partial charge in [-0.3, -0.25) is 4.90 Å². The van der Waals surface area contributed by atoms with Crippen LogP contribution < -0.4 is 19.9 Å². The zero-order valence-electron chi connectivity index (χ0n) is 24.5. The SMILES string of the molecule is CC[C@@H]1C[C@H](Nc2ncc(N3CCOCC3)cc2Cc2cc(C(F)(F)F)cc(C(F)(F)F)c2)c2cc(OC)ccc2N1C(=O)O. The highest BCUT2D eigenvalue weighted by Gasteiger charge is 2.38. The molecule has 45 heavy (non-hydrogen) atoms. The second kappa shape index (κ2) is 12.7. The second-order valence-corrected chi connectivity index (χ2v) is 11.0. The van der Waals surface area contributed by atoms with E-state index in [4.69, 9.17) is 9.47 Å². The van der Waals surface area contributed by atoms with Gasteiger partial charge in [0.1, 0.15) is 11.6 Å². The molecule has 0 radical (unpaired) electrons. The monoisotopic (exact) mass is 638 g/mol. The van der Waals surface area contributed by atoms with Gasteiger partial charge in [0.15, 0.2) is 0 Å². The molecule has 3 heterocycles. The lowest BCUT2D eigenvalue weighted by molar-refractivity contribution is -0.143. The van der Waals surface area contributed by atoms with E-state index in [2.05, 4.69) is 10.3 Å². The molecule has 2 N–H and O–H groups in total. The molecule has 5 rings (SSSR count). The summed E-state index contributed by atoms with van der Waals surface area (Å²) in [6, 6.07) is 7.36. The van der Waals surface area contributed by atoms with E-state index in [0.29, 0.717) is 67.4 Å². The Morgan fingerprint density at radius 3 is 2.29 bits per heavy atom. The Hall–Kier alpha value is -4.20. The summed E-state index contributed by atoms with van der Waals surface area (Å²) in [5.74, 6) is 0.746. The van der Waals surface area contributed by atoms with E-state index >= 15 is 0 Å². The van der Waals surface area contributed by atoms with Crippen LogP contribution in [-0.2, 0) is 23.5 Å². The summed E-state index contributed by atoms with van der Waals surface area (Å²) in [6.45, 7) is 3.84. The number of carbonyl (C=O) groups is 1. The average molecular weight is 639 g/mol. The number of anilines is 3. The molecular formula is C31H32F6N4O4. The highest BCUT2D eigenvalue weighted by molar-refractivity contribution is 5.89. The molecule has 14 heteroatoms.